The molecule has 0 saturated carbocycles. The highest BCUT2D eigenvalue weighted by atomic mass is 16.7. The van der Waals surface area contributed by atoms with Gasteiger partial charge in [0.25, 0.3) is 0 Å². The van der Waals surface area contributed by atoms with E-state index in [0.29, 0.717) is 0 Å². The molecule has 1 aliphatic heterocycles. The summed E-state index contributed by atoms with van der Waals surface area (Å²) in [6, 6.07) is 5.32. The fourth-order valence-corrected chi connectivity index (χ4v) is 2.85. The zero-order chi connectivity index (χ0) is 22.9. The Bertz CT molecular complexity index is 684. The lowest BCUT2D eigenvalue weighted by atomic mass is 9.95. The maximum Gasteiger partial charge on any atom is 0.351 e. The average molecular weight is 427 g/mol. The Morgan fingerprint density at radius 2 is 1.87 bits per heavy atom. The number of carbonyl (C=O) groups excluding carboxylic acids is 1. The Balaban J connectivity index is 0.000000656. The molecular weight excluding hydrogens is 394 g/mol. The number of benzene rings is 1. The van der Waals surface area contributed by atoms with Crippen molar-refractivity contribution in [2.75, 3.05) is 19.8 Å². The maximum atomic E-state index is 10.4. The lowest BCUT2D eigenvalue weighted by molar-refractivity contribution is -0.694. The molecule has 0 aliphatic carbocycles. The van der Waals surface area contributed by atoms with Gasteiger partial charge < -0.3 is 40.0 Å². The lowest BCUT2D eigenvalue weighted by Crippen LogP contribution is -2.90. The van der Waals surface area contributed by atoms with Crippen molar-refractivity contribution in [3.05, 3.63) is 29.3 Å². The van der Waals surface area contributed by atoms with Crippen LogP contribution in [0.15, 0.2) is 18.2 Å². The van der Waals surface area contributed by atoms with E-state index in [1.807, 2.05) is 19.9 Å². The Hall–Kier alpha value is -2.20. The Labute approximate surface area is 176 Å². The van der Waals surface area contributed by atoms with E-state index in [1.165, 1.54) is 0 Å². The standard InChI is InChI=1S/C19H31NO4.C2H2O4/c1-13-10-15(7-8-16(13)21)18(22)14(2)20-9-5-6-17-23-11-19(3,4)12-24-17;3-1(4)2(5)6/h7-8,10,14,17-18,20-22H,5-6,9,11-12H2,1-4H3;(H,3,4)(H,5,6). The summed E-state index contributed by atoms with van der Waals surface area (Å²) < 4.78 is 11.5. The number of rotatable bonds is 7. The van der Waals surface area contributed by atoms with Crippen LogP contribution in [0.25, 0.3) is 0 Å². The van der Waals surface area contributed by atoms with Crippen molar-refractivity contribution in [3.63, 3.8) is 0 Å². The van der Waals surface area contributed by atoms with Crippen LogP contribution in [0.1, 0.15) is 50.8 Å². The molecule has 1 saturated heterocycles. The summed E-state index contributed by atoms with van der Waals surface area (Å²) in [6.45, 7) is 10.6. The molecule has 9 nitrogen and oxygen atoms in total. The molecule has 9 heteroatoms. The van der Waals surface area contributed by atoms with Crippen LogP contribution in [0.5, 0.6) is 5.75 Å². The summed E-state index contributed by atoms with van der Waals surface area (Å²) >= 11 is 0. The van der Waals surface area contributed by atoms with E-state index in [0.717, 1.165) is 43.7 Å². The molecule has 170 valence electrons. The van der Waals surface area contributed by atoms with Crippen molar-refractivity contribution < 1.29 is 44.8 Å². The van der Waals surface area contributed by atoms with Crippen LogP contribution in [-0.4, -0.2) is 59.3 Å². The van der Waals surface area contributed by atoms with Gasteiger partial charge in [-0.05, 0) is 37.1 Å². The second-order valence-electron chi connectivity index (χ2n) is 8.32. The first-order valence-corrected chi connectivity index (χ1v) is 9.91. The van der Waals surface area contributed by atoms with Crippen LogP contribution in [0, 0.1) is 12.3 Å². The minimum Gasteiger partial charge on any atom is -0.539 e. The van der Waals surface area contributed by atoms with Crippen molar-refractivity contribution >= 4 is 11.9 Å². The van der Waals surface area contributed by atoms with Gasteiger partial charge in [-0.1, -0.05) is 19.9 Å². The van der Waals surface area contributed by atoms with E-state index in [4.69, 9.17) is 29.3 Å². The number of aliphatic hydroxyl groups excluding tert-OH is 1. The summed E-state index contributed by atoms with van der Waals surface area (Å²) in [5.41, 5.74) is 1.74. The molecule has 1 heterocycles. The number of aliphatic carboxylic acids is 2. The number of quaternary nitrogens is 1. The first-order valence-electron chi connectivity index (χ1n) is 9.91. The van der Waals surface area contributed by atoms with Gasteiger partial charge in [-0.15, -0.1) is 0 Å². The molecule has 0 radical (unpaired) electrons. The number of nitrogens with two attached hydrogens (primary N) is 1. The highest BCUT2D eigenvalue weighted by molar-refractivity contribution is 6.26. The van der Waals surface area contributed by atoms with Crippen LogP contribution in [0.4, 0.5) is 0 Å². The van der Waals surface area contributed by atoms with E-state index in [1.54, 1.807) is 12.1 Å². The fraction of sp³-hybridized carbons (Fsp3) is 0.619. The van der Waals surface area contributed by atoms with Gasteiger partial charge in [-0.25, -0.2) is 4.79 Å². The minimum absolute atomic E-state index is 0.0565. The van der Waals surface area contributed by atoms with E-state index in [-0.39, 0.29) is 23.5 Å². The van der Waals surface area contributed by atoms with Gasteiger partial charge in [0.2, 0.25) is 0 Å². The number of aryl methyl sites for hydroxylation is 1. The smallest absolute Gasteiger partial charge is 0.351 e. The Morgan fingerprint density at radius 3 is 2.37 bits per heavy atom. The van der Waals surface area contributed by atoms with Gasteiger partial charge >= 0.3 is 5.97 Å². The number of hydrogen-bond acceptors (Lipinski definition) is 7. The summed E-state index contributed by atoms with van der Waals surface area (Å²) in [6.07, 6.45) is 1.23. The minimum atomic E-state index is -2.07. The third-order valence-electron chi connectivity index (χ3n) is 4.74. The highest BCUT2D eigenvalue weighted by Crippen LogP contribution is 2.24. The molecule has 2 atom stereocenters. The van der Waals surface area contributed by atoms with Crippen LogP contribution in [0.3, 0.4) is 0 Å². The monoisotopic (exact) mass is 427 g/mol. The largest absolute Gasteiger partial charge is 0.539 e. The van der Waals surface area contributed by atoms with Crippen molar-refractivity contribution in [2.45, 2.75) is 59.0 Å². The molecule has 1 aromatic rings. The number of ether oxygens (including phenoxy) is 2. The molecule has 30 heavy (non-hydrogen) atoms. The van der Waals surface area contributed by atoms with Crippen molar-refractivity contribution in [1.29, 1.82) is 0 Å². The zero-order valence-corrected chi connectivity index (χ0v) is 18.0. The Kier molecular flexibility index (Phi) is 10.2. The van der Waals surface area contributed by atoms with Crippen LogP contribution in [-0.2, 0) is 19.1 Å². The Morgan fingerprint density at radius 1 is 1.30 bits per heavy atom. The molecular formula is C21H33NO8. The number of carbonyl (C=O) groups is 2. The van der Waals surface area contributed by atoms with Gasteiger partial charge in [0, 0.05) is 18.3 Å². The number of hydrogen-bond donors (Lipinski definition) is 4. The number of aliphatic hydroxyl groups is 1. The van der Waals surface area contributed by atoms with Gasteiger partial charge in [0.05, 0.1) is 19.8 Å². The second kappa shape index (κ2) is 11.8. The van der Waals surface area contributed by atoms with E-state index in [9.17, 15) is 10.2 Å². The molecule has 2 rings (SSSR count). The second-order valence-corrected chi connectivity index (χ2v) is 8.32. The summed E-state index contributed by atoms with van der Waals surface area (Å²) in [5.74, 6) is -3.75. The molecule has 0 aromatic heterocycles. The molecule has 1 aromatic carbocycles. The SMILES string of the molecule is Cc1cc(C(O)C(C)[NH2+]CCCC2OCC(C)(C)CO2)ccc1O.O=C([O-])C(=O)O. The zero-order valence-electron chi connectivity index (χ0n) is 18.0. The van der Waals surface area contributed by atoms with Crippen LogP contribution >= 0.6 is 0 Å². The normalized spacial score (nSPS) is 18.0. The number of aromatic hydroxyl groups is 1. The van der Waals surface area contributed by atoms with Gasteiger partial charge in [0.15, 0.2) is 12.3 Å². The number of carboxylic acid groups (broad SMARTS) is 2. The van der Waals surface area contributed by atoms with Crippen LogP contribution < -0.4 is 10.4 Å². The van der Waals surface area contributed by atoms with Gasteiger partial charge in [-0.2, -0.15) is 0 Å². The van der Waals surface area contributed by atoms with E-state index >= 15 is 0 Å². The summed E-state index contributed by atoms with van der Waals surface area (Å²) in [5, 5.41) is 38.5. The summed E-state index contributed by atoms with van der Waals surface area (Å²) in [4.78, 5) is 18.0. The summed E-state index contributed by atoms with van der Waals surface area (Å²) in [7, 11) is 0. The third-order valence-corrected chi connectivity index (χ3v) is 4.74. The van der Waals surface area contributed by atoms with Crippen LogP contribution in [0.2, 0.25) is 0 Å². The molecule has 0 bridgehead atoms. The highest BCUT2D eigenvalue weighted by Gasteiger charge is 2.28. The van der Waals surface area contributed by atoms with Crippen molar-refractivity contribution in [2.24, 2.45) is 5.41 Å². The average Bonchev–Trinajstić information content (AvgIpc) is 2.68. The molecule has 1 fully saturated rings. The quantitative estimate of drug-likeness (QED) is 0.341. The van der Waals surface area contributed by atoms with Gasteiger partial charge in [0.1, 0.15) is 17.9 Å². The molecule has 1 aliphatic rings. The number of carboxylic acids is 2. The lowest BCUT2D eigenvalue weighted by Gasteiger charge is -2.34. The first kappa shape index (κ1) is 25.8. The molecule has 0 amide bonds. The molecule has 2 unspecified atom stereocenters. The predicted octanol–water partition coefficient (Wildman–Crippen LogP) is -0.314. The van der Waals surface area contributed by atoms with E-state index in [2.05, 4.69) is 19.2 Å². The van der Waals surface area contributed by atoms with Crippen molar-refractivity contribution in [1.82, 2.24) is 0 Å². The molecule has 5 N–H and O–H groups in total. The first-order chi connectivity index (χ1) is 13.9. The van der Waals surface area contributed by atoms with Gasteiger partial charge in [-0.3, -0.25) is 0 Å². The van der Waals surface area contributed by atoms with Crippen molar-refractivity contribution in [3.8, 4) is 5.75 Å². The topological polar surface area (TPSA) is 153 Å². The predicted molar refractivity (Wildman–Crippen MR) is 105 cm³/mol. The van der Waals surface area contributed by atoms with E-state index < -0.39 is 18.0 Å². The number of phenols is 1. The third kappa shape index (κ3) is 9.08. The fourth-order valence-electron chi connectivity index (χ4n) is 2.85. The number of phenolic OH excluding ortho intramolecular Hbond substituents is 1. The maximum absolute atomic E-state index is 10.4. The molecule has 0 spiro atoms.